The first-order valence-electron chi connectivity index (χ1n) is 2.85. The van der Waals surface area contributed by atoms with Crippen molar-refractivity contribution in [3.05, 3.63) is 10.2 Å². The maximum Gasteiger partial charge on any atom is 0.183 e. The molecule has 4 heteroatoms. The van der Waals surface area contributed by atoms with Crippen LogP contribution in [0.5, 0.6) is 0 Å². The Morgan fingerprint density at radius 3 is 3.44 bits per heavy atom. The Labute approximate surface area is 56.5 Å². The highest BCUT2D eigenvalue weighted by atomic mass is 32.1. The summed E-state index contributed by atoms with van der Waals surface area (Å²) in [5.41, 5.74) is 0. The highest BCUT2D eigenvalue weighted by molar-refractivity contribution is 7.07. The van der Waals surface area contributed by atoms with Crippen molar-refractivity contribution in [1.29, 1.82) is 5.41 Å². The third-order valence-corrected chi connectivity index (χ3v) is 2.24. The summed E-state index contributed by atoms with van der Waals surface area (Å²) < 4.78 is 1.98. The number of nitrogens with zero attached hydrogens (tertiary/aromatic N) is 1. The van der Waals surface area contributed by atoms with Crippen molar-refractivity contribution in [1.82, 2.24) is 4.57 Å². The smallest absolute Gasteiger partial charge is 0.183 e. The second-order valence-electron chi connectivity index (χ2n) is 2.00. The first-order valence-corrected chi connectivity index (χ1v) is 3.73. The highest BCUT2D eigenvalue weighted by Crippen LogP contribution is 2.12. The summed E-state index contributed by atoms with van der Waals surface area (Å²) in [6, 6.07) is 0. The summed E-state index contributed by atoms with van der Waals surface area (Å²) in [5.74, 6) is 1.10. The Bertz CT molecular complexity index is 272. The number of anilines is 1. The number of hydrogen-bond acceptors (Lipinski definition) is 3. The molecule has 1 aromatic heterocycles. The summed E-state index contributed by atoms with van der Waals surface area (Å²) in [5, 5.41) is 12.5. The largest absolute Gasteiger partial charge is 0.369 e. The van der Waals surface area contributed by atoms with Gasteiger partial charge in [0.05, 0.1) is 0 Å². The van der Waals surface area contributed by atoms with E-state index in [-0.39, 0.29) is 0 Å². The molecule has 0 atom stereocenters. The van der Waals surface area contributed by atoms with E-state index in [1.54, 1.807) is 0 Å². The van der Waals surface area contributed by atoms with Crippen LogP contribution in [0.1, 0.15) is 0 Å². The second-order valence-corrected chi connectivity index (χ2v) is 2.86. The Kier molecular flexibility index (Phi) is 0.900. The van der Waals surface area contributed by atoms with Gasteiger partial charge in [0.25, 0.3) is 0 Å². The van der Waals surface area contributed by atoms with Gasteiger partial charge < -0.3 is 9.88 Å². The van der Waals surface area contributed by atoms with Crippen LogP contribution in [0.3, 0.4) is 0 Å². The fourth-order valence-corrected chi connectivity index (χ4v) is 1.75. The van der Waals surface area contributed by atoms with E-state index in [0.717, 1.165) is 18.9 Å². The molecule has 0 unspecified atom stereocenters. The third kappa shape index (κ3) is 0.595. The Hall–Kier alpha value is -0.770. The molecule has 0 aliphatic carbocycles. The predicted molar refractivity (Wildman–Crippen MR) is 36.7 cm³/mol. The van der Waals surface area contributed by atoms with Gasteiger partial charge in [-0.1, -0.05) is 0 Å². The van der Waals surface area contributed by atoms with Crippen LogP contribution < -0.4 is 10.1 Å². The molecule has 9 heavy (non-hydrogen) atoms. The van der Waals surface area contributed by atoms with E-state index in [2.05, 4.69) is 5.32 Å². The minimum absolute atomic E-state index is 0.648. The first kappa shape index (κ1) is 5.05. The fourth-order valence-electron chi connectivity index (χ4n) is 1.00. The van der Waals surface area contributed by atoms with Crippen LogP contribution in [0.25, 0.3) is 0 Å². The molecule has 1 aliphatic heterocycles. The molecular formula is C5H7N3S. The van der Waals surface area contributed by atoms with Crippen LogP contribution in [-0.4, -0.2) is 11.1 Å². The summed E-state index contributed by atoms with van der Waals surface area (Å²) in [6.07, 6.45) is 0. The highest BCUT2D eigenvalue weighted by Gasteiger charge is 2.08. The molecule has 2 rings (SSSR count). The topological polar surface area (TPSA) is 40.8 Å². The van der Waals surface area contributed by atoms with Crippen LogP contribution in [-0.2, 0) is 6.54 Å². The van der Waals surface area contributed by atoms with Gasteiger partial charge in [-0.3, -0.25) is 5.41 Å². The van der Waals surface area contributed by atoms with Crippen LogP contribution in [0, 0.1) is 5.41 Å². The van der Waals surface area contributed by atoms with Gasteiger partial charge in [-0.15, -0.1) is 11.3 Å². The van der Waals surface area contributed by atoms with Crippen molar-refractivity contribution < 1.29 is 0 Å². The Morgan fingerprint density at radius 1 is 1.78 bits per heavy atom. The van der Waals surface area contributed by atoms with Gasteiger partial charge >= 0.3 is 0 Å². The quantitative estimate of drug-likeness (QED) is 0.541. The van der Waals surface area contributed by atoms with Crippen molar-refractivity contribution in [2.24, 2.45) is 0 Å². The van der Waals surface area contributed by atoms with E-state index >= 15 is 0 Å². The van der Waals surface area contributed by atoms with E-state index in [4.69, 9.17) is 5.41 Å². The normalized spacial score (nSPS) is 15.1. The Balaban J connectivity index is 2.70. The number of fused-ring (bicyclic) bond motifs is 1. The van der Waals surface area contributed by atoms with Gasteiger partial charge in [0.15, 0.2) is 4.80 Å². The molecule has 0 spiro atoms. The number of rotatable bonds is 0. The molecule has 0 radical (unpaired) electrons. The molecule has 0 saturated carbocycles. The van der Waals surface area contributed by atoms with Crippen molar-refractivity contribution in [2.45, 2.75) is 6.54 Å². The standard InChI is InChI=1S/C5H7N3S/c6-5-8-2-1-7-4(8)3-9-5/h3,6-7H,1-2H2. The van der Waals surface area contributed by atoms with E-state index in [9.17, 15) is 0 Å². The van der Waals surface area contributed by atoms with Crippen LogP contribution in [0.15, 0.2) is 5.38 Å². The van der Waals surface area contributed by atoms with Gasteiger partial charge in [-0.25, -0.2) is 0 Å². The lowest BCUT2D eigenvalue weighted by atomic mass is 10.7. The average molecular weight is 141 g/mol. The van der Waals surface area contributed by atoms with Gasteiger partial charge in [0.1, 0.15) is 5.82 Å². The minimum atomic E-state index is 0.648. The molecule has 0 saturated heterocycles. The molecule has 0 amide bonds. The zero-order chi connectivity index (χ0) is 6.27. The lowest BCUT2D eigenvalue weighted by Crippen LogP contribution is -2.09. The van der Waals surface area contributed by atoms with Crippen LogP contribution >= 0.6 is 11.3 Å². The molecule has 48 valence electrons. The third-order valence-electron chi connectivity index (χ3n) is 1.46. The maximum atomic E-state index is 7.37. The van der Waals surface area contributed by atoms with Gasteiger partial charge in [-0.2, -0.15) is 0 Å². The zero-order valence-electron chi connectivity index (χ0n) is 4.85. The van der Waals surface area contributed by atoms with Gasteiger partial charge in [0.2, 0.25) is 0 Å². The average Bonchev–Trinajstić information content (AvgIpc) is 2.35. The molecule has 2 N–H and O–H groups in total. The molecule has 0 fully saturated rings. The van der Waals surface area contributed by atoms with Crippen molar-refractivity contribution in [3.63, 3.8) is 0 Å². The summed E-state index contributed by atoms with van der Waals surface area (Å²) in [6.45, 7) is 1.94. The summed E-state index contributed by atoms with van der Waals surface area (Å²) in [7, 11) is 0. The van der Waals surface area contributed by atoms with E-state index in [1.165, 1.54) is 11.3 Å². The predicted octanol–water partition coefficient (Wildman–Crippen LogP) is 0.455. The number of hydrogen-bond donors (Lipinski definition) is 2. The molecule has 2 heterocycles. The van der Waals surface area contributed by atoms with Crippen molar-refractivity contribution >= 4 is 17.2 Å². The monoisotopic (exact) mass is 141 g/mol. The van der Waals surface area contributed by atoms with E-state index in [1.807, 2.05) is 9.95 Å². The second kappa shape index (κ2) is 1.60. The van der Waals surface area contributed by atoms with Crippen molar-refractivity contribution in [3.8, 4) is 0 Å². The zero-order valence-corrected chi connectivity index (χ0v) is 5.66. The summed E-state index contributed by atoms with van der Waals surface area (Å²) >= 11 is 1.47. The van der Waals surface area contributed by atoms with Gasteiger partial charge in [0, 0.05) is 18.5 Å². The maximum absolute atomic E-state index is 7.37. The molecular weight excluding hydrogens is 134 g/mol. The van der Waals surface area contributed by atoms with E-state index < -0.39 is 0 Å². The molecule has 0 bridgehead atoms. The number of aromatic nitrogens is 1. The first-order chi connectivity index (χ1) is 4.38. The Morgan fingerprint density at radius 2 is 2.67 bits per heavy atom. The number of nitrogens with one attached hydrogen (secondary N) is 2. The van der Waals surface area contributed by atoms with E-state index in [0.29, 0.717) is 4.80 Å². The molecule has 1 aromatic rings. The minimum Gasteiger partial charge on any atom is -0.369 e. The SMILES string of the molecule is N=c1scc2n1CCN2. The fraction of sp³-hybridized carbons (Fsp3) is 0.400. The molecule has 0 aromatic carbocycles. The van der Waals surface area contributed by atoms with Crippen LogP contribution in [0.2, 0.25) is 0 Å². The lowest BCUT2D eigenvalue weighted by Gasteiger charge is -1.88. The number of thiazole rings is 1. The molecule has 3 nitrogen and oxygen atoms in total. The van der Waals surface area contributed by atoms with Crippen LogP contribution in [0.4, 0.5) is 5.82 Å². The molecule has 1 aliphatic rings. The van der Waals surface area contributed by atoms with Crippen molar-refractivity contribution in [2.75, 3.05) is 11.9 Å². The summed E-state index contributed by atoms with van der Waals surface area (Å²) in [4.78, 5) is 0.648. The lowest BCUT2D eigenvalue weighted by molar-refractivity contribution is 0.769. The van der Waals surface area contributed by atoms with Gasteiger partial charge in [-0.05, 0) is 0 Å².